The Balaban J connectivity index is 2.16. The largest absolute Gasteiger partial charge is 0.492 e. The molecular formula is C23H28ClNO4. The fourth-order valence-electron chi connectivity index (χ4n) is 4.22. The molecule has 0 radical (unpaired) electrons. The Morgan fingerprint density at radius 3 is 2.59 bits per heavy atom. The molecular weight excluding hydrogens is 390 g/mol. The molecule has 0 bridgehead atoms. The molecule has 156 valence electrons. The number of carbonyl (C=O) groups is 2. The van der Waals surface area contributed by atoms with Crippen molar-refractivity contribution in [3.63, 3.8) is 0 Å². The van der Waals surface area contributed by atoms with Crippen LogP contribution in [0.5, 0.6) is 5.75 Å². The summed E-state index contributed by atoms with van der Waals surface area (Å²) in [5.41, 5.74) is 3.33. The number of esters is 1. The number of benzene rings is 1. The van der Waals surface area contributed by atoms with E-state index in [4.69, 9.17) is 21.1 Å². The highest BCUT2D eigenvalue weighted by Gasteiger charge is 2.43. The molecule has 29 heavy (non-hydrogen) atoms. The van der Waals surface area contributed by atoms with Gasteiger partial charge in [-0.3, -0.25) is 4.79 Å². The van der Waals surface area contributed by atoms with Gasteiger partial charge in [0, 0.05) is 29.3 Å². The van der Waals surface area contributed by atoms with Crippen molar-refractivity contribution in [1.29, 1.82) is 0 Å². The van der Waals surface area contributed by atoms with Crippen LogP contribution in [0.3, 0.4) is 0 Å². The first-order chi connectivity index (χ1) is 13.7. The van der Waals surface area contributed by atoms with Crippen LogP contribution in [0.25, 0.3) is 0 Å². The number of Topliss-reactive ketones (excluding diaryl/α,β-unsaturated/α-hetero) is 1. The minimum absolute atomic E-state index is 0.0491. The Labute approximate surface area is 177 Å². The van der Waals surface area contributed by atoms with Crippen molar-refractivity contribution in [3.8, 4) is 5.75 Å². The average molecular weight is 418 g/mol. The predicted molar refractivity (Wildman–Crippen MR) is 113 cm³/mol. The van der Waals surface area contributed by atoms with E-state index < -0.39 is 11.9 Å². The van der Waals surface area contributed by atoms with Gasteiger partial charge in [-0.2, -0.15) is 0 Å². The van der Waals surface area contributed by atoms with Crippen LogP contribution in [0.4, 0.5) is 0 Å². The van der Waals surface area contributed by atoms with E-state index in [-0.39, 0.29) is 17.8 Å². The molecule has 0 aromatic heterocycles. The molecule has 5 nitrogen and oxygen atoms in total. The van der Waals surface area contributed by atoms with E-state index in [0.29, 0.717) is 40.6 Å². The van der Waals surface area contributed by atoms with Gasteiger partial charge in [0.05, 0.1) is 23.8 Å². The van der Waals surface area contributed by atoms with Gasteiger partial charge in [-0.1, -0.05) is 31.5 Å². The van der Waals surface area contributed by atoms with Crippen LogP contribution in [0.1, 0.15) is 58.9 Å². The highest BCUT2D eigenvalue weighted by Crippen LogP contribution is 2.47. The molecule has 1 aromatic carbocycles. The van der Waals surface area contributed by atoms with E-state index in [9.17, 15) is 9.59 Å². The van der Waals surface area contributed by atoms with Gasteiger partial charge in [0.25, 0.3) is 0 Å². The summed E-state index contributed by atoms with van der Waals surface area (Å²) < 4.78 is 10.9. The molecule has 1 N–H and O–H groups in total. The maximum atomic E-state index is 13.2. The van der Waals surface area contributed by atoms with E-state index in [1.54, 1.807) is 19.1 Å². The van der Waals surface area contributed by atoms with Crippen molar-refractivity contribution in [2.75, 3.05) is 13.2 Å². The van der Waals surface area contributed by atoms with Gasteiger partial charge in [0.2, 0.25) is 0 Å². The number of allylic oxidation sites excluding steroid dienone is 3. The van der Waals surface area contributed by atoms with Crippen LogP contribution in [0.15, 0.2) is 40.7 Å². The smallest absolute Gasteiger partial charge is 0.336 e. The highest BCUT2D eigenvalue weighted by molar-refractivity contribution is 6.32. The Hall–Kier alpha value is -2.27. The number of carbonyl (C=O) groups excluding carboxylic acids is 2. The molecule has 0 amide bonds. The maximum absolute atomic E-state index is 13.2. The van der Waals surface area contributed by atoms with E-state index in [2.05, 4.69) is 19.2 Å². The van der Waals surface area contributed by atoms with E-state index >= 15 is 0 Å². The molecule has 0 fully saturated rings. The van der Waals surface area contributed by atoms with Crippen LogP contribution >= 0.6 is 11.6 Å². The number of ether oxygens (including phenoxy) is 2. The second-order valence-corrected chi connectivity index (χ2v) is 8.68. The monoisotopic (exact) mass is 417 g/mol. The van der Waals surface area contributed by atoms with Gasteiger partial charge >= 0.3 is 5.97 Å². The number of halogens is 1. The zero-order chi connectivity index (χ0) is 21.3. The average Bonchev–Trinajstić information content (AvgIpc) is 2.61. The van der Waals surface area contributed by atoms with Gasteiger partial charge < -0.3 is 14.8 Å². The molecule has 0 saturated carbocycles. The number of dihydropyridines is 1. The van der Waals surface area contributed by atoms with E-state index in [1.807, 2.05) is 19.9 Å². The van der Waals surface area contributed by atoms with E-state index in [0.717, 1.165) is 17.7 Å². The Morgan fingerprint density at radius 2 is 1.97 bits per heavy atom. The SMILES string of the molecule is CCOC(=O)C1=C(C)NC2=C(C(=O)CC(C)(C)C2)C1c1ccc(OCC)c(Cl)c1. The third-order valence-electron chi connectivity index (χ3n) is 5.32. The molecule has 6 heteroatoms. The first kappa shape index (κ1) is 21.4. The fourth-order valence-corrected chi connectivity index (χ4v) is 4.46. The zero-order valence-corrected chi connectivity index (χ0v) is 18.4. The van der Waals surface area contributed by atoms with Crippen molar-refractivity contribution in [3.05, 3.63) is 51.3 Å². The van der Waals surface area contributed by atoms with Crippen LogP contribution in [0.2, 0.25) is 5.02 Å². The quantitative estimate of drug-likeness (QED) is 0.690. The molecule has 1 heterocycles. The van der Waals surface area contributed by atoms with Crippen molar-refractivity contribution in [2.24, 2.45) is 5.41 Å². The molecule has 2 aliphatic rings. The first-order valence-corrected chi connectivity index (χ1v) is 10.4. The maximum Gasteiger partial charge on any atom is 0.336 e. The summed E-state index contributed by atoms with van der Waals surface area (Å²) in [4.78, 5) is 26.0. The molecule has 0 saturated heterocycles. The Bertz CT molecular complexity index is 913. The molecule has 1 aliphatic carbocycles. The predicted octanol–water partition coefficient (Wildman–Crippen LogP) is 4.91. The number of rotatable bonds is 5. The third kappa shape index (κ3) is 4.20. The molecule has 1 unspecified atom stereocenters. The van der Waals surface area contributed by atoms with E-state index in [1.165, 1.54) is 0 Å². The molecule has 0 spiro atoms. The van der Waals surface area contributed by atoms with Crippen LogP contribution in [-0.4, -0.2) is 25.0 Å². The van der Waals surface area contributed by atoms with Gasteiger partial charge in [0.15, 0.2) is 5.78 Å². The van der Waals surface area contributed by atoms with Crippen molar-refractivity contribution >= 4 is 23.4 Å². The summed E-state index contributed by atoms with van der Waals surface area (Å²) in [7, 11) is 0. The van der Waals surface area contributed by atoms with Gasteiger partial charge in [-0.15, -0.1) is 0 Å². The summed E-state index contributed by atoms with van der Waals surface area (Å²) in [5.74, 6) is -0.303. The lowest BCUT2D eigenvalue weighted by molar-refractivity contribution is -0.138. The number of nitrogens with one attached hydrogen (secondary N) is 1. The summed E-state index contributed by atoms with van der Waals surface area (Å²) >= 11 is 6.44. The Morgan fingerprint density at radius 1 is 1.24 bits per heavy atom. The van der Waals surface area contributed by atoms with Crippen LogP contribution < -0.4 is 10.1 Å². The number of hydrogen-bond acceptors (Lipinski definition) is 5. The minimum atomic E-state index is -0.512. The van der Waals surface area contributed by atoms with Crippen molar-refractivity contribution < 1.29 is 19.1 Å². The highest BCUT2D eigenvalue weighted by atomic mass is 35.5. The van der Waals surface area contributed by atoms with Gasteiger partial charge in [0.1, 0.15) is 5.75 Å². The van der Waals surface area contributed by atoms with Crippen LogP contribution in [-0.2, 0) is 14.3 Å². The normalized spacial score (nSPS) is 20.9. The lowest BCUT2D eigenvalue weighted by Crippen LogP contribution is -2.38. The summed E-state index contributed by atoms with van der Waals surface area (Å²) in [6.45, 7) is 10.4. The lowest BCUT2D eigenvalue weighted by Gasteiger charge is -2.39. The second-order valence-electron chi connectivity index (χ2n) is 8.27. The summed E-state index contributed by atoms with van der Waals surface area (Å²) in [6.07, 6.45) is 1.17. The number of ketones is 1. The minimum Gasteiger partial charge on any atom is -0.492 e. The standard InChI is InChI=1S/C23H28ClNO4/c1-6-28-18-9-8-14(10-15(18)24)20-19(22(27)29-7-2)13(3)25-16-11-23(4,5)12-17(26)21(16)20/h8-10,20,25H,6-7,11-12H2,1-5H3. The molecule has 1 atom stereocenters. The van der Waals surface area contributed by atoms with Gasteiger partial charge in [-0.05, 0) is 50.3 Å². The third-order valence-corrected chi connectivity index (χ3v) is 5.62. The molecule has 1 aliphatic heterocycles. The van der Waals surface area contributed by atoms with Crippen molar-refractivity contribution in [2.45, 2.75) is 53.4 Å². The molecule has 1 aromatic rings. The topological polar surface area (TPSA) is 64.6 Å². The zero-order valence-electron chi connectivity index (χ0n) is 17.6. The van der Waals surface area contributed by atoms with Crippen molar-refractivity contribution in [1.82, 2.24) is 5.32 Å². The first-order valence-electron chi connectivity index (χ1n) is 10.0. The van der Waals surface area contributed by atoms with Gasteiger partial charge in [-0.25, -0.2) is 4.79 Å². The summed E-state index contributed by atoms with van der Waals surface area (Å²) in [5, 5.41) is 3.77. The summed E-state index contributed by atoms with van der Waals surface area (Å²) in [6, 6.07) is 5.45. The second kappa shape index (κ2) is 8.23. The Kier molecular flexibility index (Phi) is 6.08. The molecule has 3 rings (SSSR count). The fraction of sp³-hybridized carbons (Fsp3) is 0.478. The lowest BCUT2D eigenvalue weighted by atomic mass is 9.68. The van der Waals surface area contributed by atoms with Crippen LogP contribution in [0, 0.1) is 5.41 Å². The number of hydrogen-bond donors (Lipinski definition) is 1.